The van der Waals surface area contributed by atoms with Gasteiger partial charge >= 0.3 is 0 Å². The quantitative estimate of drug-likeness (QED) is 0.416. The van der Waals surface area contributed by atoms with E-state index in [1.807, 2.05) is 30.3 Å². The molecule has 1 heterocycles. The molecule has 174 valence electrons. The zero-order valence-corrected chi connectivity index (χ0v) is 19.8. The third-order valence-electron chi connectivity index (χ3n) is 6.66. The smallest absolute Gasteiger partial charge is 0.118 e. The molecule has 2 unspecified atom stereocenters. The number of ether oxygens (including phenoxy) is 4. The lowest BCUT2D eigenvalue weighted by Crippen LogP contribution is -2.40. The van der Waals surface area contributed by atoms with Crippen molar-refractivity contribution in [3.63, 3.8) is 0 Å². The first-order valence-corrected chi connectivity index (χ1v) is 11.7. The standard InChI is InChI=1S/C29H34O4/c1-5-20(2)29-21(3)28(32-16-22-10-12-27(30-4)13-11-22)19-31-17-25-14-23-8-6-7-9-24(23)15-26(25)18-33-29/h5-15,20-21,28-29H,1,16-19H2,2-4H3/t20?,21-,28?,29-/m0/s1. The molecule has 4 atom stereocenters. The fourth-order valence-electron chi connectivity index (χ4n) is 4.48. The van der Waals surface area contributed by atoms with Gasteiger partial charge in [0, 0.05) is 11.8 Å². The van der Waals surface area contributed by atoms with Crippen LogP contribution in [0.4, 0.5) is 0 Å². The van der Waals surface area contributed by atoms with Crippen LogP contribution < -0.4 is 4.74 Å². The Morgan fingerprint density at radius 2 is 1.70 bits per heavy atom. The highest BCUT2D eigenvalue weighted by atomic mass is 16.5. The average Bonchev–Trinajstić information content (AvgIpc) is 2.85. The van der Waals surface area contributed by atoms with E-state index in [1.165, 1.54) is 21.9 Å². The molecule has 0 aromatic heterocycles. The molecule has 0 saturated carbocycles. The largest absolute Gasteiger partial charge is 0.497 e. The molecule has 0 aliphatic carbocycles. The monoisotopic (exact) mass is 446 g/mol. The van der Waals surface area contributed by atoms with Crippen molar-refractivity contribution in [1.29, 1.82) is 0 Å². The van der Waals surface area contributed by atoms with Gasteiger partial charge in [-0.05, 0) is 51.7 Å². The second-order valence-electron chi connectivity index (χ2n) is 8.91. The van der Waals surface area contributed by atoms with Gasteiger partial charge in [-0.15, -0.1) is 6.58 Å². The fraction of sp³-hybridized carbons (Fsp3) is 0.379. The Hall–Kier alpha value is -2.66. The summed E-state index contributed by atoms with van der Waals surface area (Å²) in [6.07, 6.45) is 1.85. The van der Waals surface area contributed by atoms with Gasteiger partial charge in [0.2, 0.25) is 0 Å². The minimum Gasteiger partial charge on any atom is -0.497 e. The van der Waals surface area contributed by atoms with Crippen molar-refractivity contribution in [2.45, 2.75) is 45.9 Å². The summed E-state index contributed by atoms with van der Waals surface area (Å²) in [7, 11) is 1.67. The summed E-state index contributed by atoms with van der Waals surface area (Å²) in [5.41, 5.74) is 3.45. The summed E-state index contributed by atoms with van der Waals surface area (Å²) in [6.45, 7) is 10.5. The summed E-state index contributed by atoms with van der Waals surface area (Å²) in [6, 6.07) is 20.9. The maximum atomic E-state index is 6.55. The second kappa shape index (κ2) is 11.0. The molecule has 4 heteroatoms. The predicted molar refractivity (Wildman–Crippen MR) is 132 cm³/mol. The van der Waals surface area contributed by atoms with Crippen LogP contribution in [0, 0.1) is 11.8 Å². The summed E-state index contributed by atoms with van der Waals surface area (Å²) in [4.78, 5) is 0. The van der Waals surface area contributed by atoms with Crippen molar-refractivity contribution < 1.29 is 18.9 Å². The van der Waals surface area contributed by atoms with Crippen LogP contribution in [0.1, 0.15) is 30.5 Å². The number of fused-ring (bicyclic) bond motifs is 2. The van der Waals surface area contributed by atoms with E-state index < -0.39 is 0 Å². The number of hydrogen-bond acceptors (Lipinski definition) is 4. The van der Waals surface area contributed by atoms with Crippen LogP contribution in [-0.4, -0.2) is 25.9 Å². The lowest BCUT2D eigenvalue weighted by molar-refractivity contribution is -0.112. The van der Waals surface area contributed by atoms with Gasteiger partial charge in [0.15, 0.2) is 0 Å². The molecular formula is C29H34O4. The molecule has 1 aliphatic heterocycles. The summed E-state index contributed by atoms with van der Waals surface area (Å²) >= 11 is 0. The van der Waals surface area contributed by atoms with Gasteiger partial charge in [0.1, 0.15) is 5.75 Å². The minimum atomic E-state index is -0.0958. The summed E-state index contributed by atoms with van der Waals surface area (Å²) in [5.74, 6) is 1.17. The molecule has 0 fully saturated rings. The molecule has 3 aromatic carbocycles. The maximum Gasteiger partial charge on any atom is 0.118 e. The lowest BCUT2D eigenvalue weighted by atomic mass is 9.88. The molecule has 4 rings (SSSR count). The van der Waals surface area contributed by atoms with E-state index in [0.29, 0.717) is 26.4 Å². The van der Waals surface area contributed by atoms with E-state index in [9.17, 15) is 0 Å². The zero-order chi connectivity index (χ0) is 23.2. The molecule has 0 bridgehead atoms. The van der Waals surface area contributed by atoms with Crippen molar-refractivity contribution >= 4 is 10.8 Å². The Labute approximate surface area is 197 Å². The minimum absolute atomic E-state index is 0.0237. The van der Waals surface area contributed by atoms with Gasteiger partial charge in [-0.3, -0.25) is 0 Å². The Morgan fingerprint density at radius 1 is 1.03 bits per heavy atom. The van der Waals surface area contributed by atoms with E-state index in [2.05, 4.69) is 56.8 Å². The van der Waals surface area contributed by atoms with E-state index in [4.69, 9.17) is 18.9 Å². The maximum absolute atomic E-state index is 6.55. The number of methoxy groups -OCH3 is 1. The van der Waals surface area contributed by atoms with E-state index >= 15 is 0 Å². The van der Waals surface area contributed by atoms with Crippen LogP contribution in [0.25, 0.3) is 10.8 Å². The van der Waals surface area contributed by atoms with Crippen molar-refractivity contribution in [3.05, 3.63) is 90.0 Å². The van der Waals surface area contributed by atoms with E-state index in [1.54, 1.807) is 7.11 Å². The molecule has 33 heavy (non-hydrogen) atoms. The molecule has 1 aliphatic rings. The molecule has 4 nitrogen and oxygen atoms in total. The summed E-state index contributed by atoms with van der Waals surface area (Å²) < 4.78 is 24.4. The van der Waals surface area contributed by atoms with Crippen LogP contribution in [0.2, 0.25) is 0 Å². The molecule has 0 saturated heterocycles. The Balaban J connectivity index is 1.55. The number of hydrogen-bond donors (Lipinski definition) is 0. The number of rotatable bonds is 6. The van der Waals surface area contributed by atoms with Crippen LogP contribution in [0.15, 0.2) is 73.3 Å². The highest BCUT2D eigenvalue weighted by Crippen LogP contribution is 2.29. The molecular weight excluding hydrogens is 412 g/mol. The van der Waals surface area contributed by atoms with Crippen molar-refractivity contribution in [2.75, 3.05) is 13.7 Å². The molecule has 3 aromatic rings. The normalized spacial score (nSPS) is 22.3. The first-order valence-electron chi connectivity index (χ1n) is 11.7. The average molecular weight is 447 g/mol. The zero-order valence-electron chi connectivity index (χ0n) is 19.8. The van der Waals surface area contributed by atoms with Gasteiger partial charge in [-0.2, -0.15) is 0 Å². The van der Waals surface area contributed by atoms with Crippen LogP contribution in [0.5, 0.6) is 5.75 Å². The Kier molecular flexibility index (Phi) is 7.81. The van der Waals surface area contributed by atoms with Gasteiger partial charge in [0.05, 0.1) is 45.7 Å². The topological polar surface area (TPSA) is 36.9 Å². The van der Waals surface area contributed by atoms with Crippen LogP contribution in [-0.2, 0) is 34.0 Å². The third-order valence-corrected chi connectivity index (χ3v) is 6.66. The Bertz CT molecular complexity index is 1060. The van der Waals surface area contributed by atoms with E-state index in [0.717, 1.165) is 11.3 Å². The third kappa shape index (κ3) is 5.64. The lowest BCUT2D eigenvalue weighted by Gasteiger charge is -2.35. The highest BCUT2D eigenvalue weighted by Gasteiger charge is 2.31. The molecule has 0 spiro atoms. The second-order valence-corrected chi connectivity index (χ2v) is 8.91. The Morgan fingerprint density at radius 3 is 2.33 bits per heavy atom. The van der Waals surface area contributed by atoms with Gasteiger partial charge < -0.3 is 18.9 Å². The van der Waals surface area contributed by atoms with Crippen molar-refractivity contribution in [1.82, 2.24) is 0 Å². The van der Waals surface area contributed by atoms with Gasteiger partial charge in [-0.1, -0.05) is 56.3 Å². The SMILES string of the molecule is C=CC(C)[C@@H]1OCc2cc3ccccc3cc2COCC(OCc2ccc(OC)cc2)[C@@H]1C. The molecule has 0 N–H and O–H groups in total. The molecule has 0 radical (unpaired) electrons. The van der Waals surface area contributed by atoms with Crippen LogP contribution in [0.3, 0.4) is 0 Å². The first kappa shape index (κ1) is 23.5. The molecule has 0 amide bonds. The number of benzene rings is 3. The van der Waals surface area contributed by atoms with Crippen molar-refractivity contribution in [3.8, 4) is 5.75 Å². The predicted octanol–water partition coefficient (Wildman–Crippen LogP) is 6.31. The highest BCUT2D eigenvalue weighted by molar-refractivity contribution is 5.84. The van der Waals surface area contributed by atoms with E-state index in [-0.39, 0.29) is 24.0 Å². The fourth-order valence-corrected chi connectivity index (χ4v) is 4.48. The van der Waals surface area contributed by atoms with Crippen LogP contribution >= 0.6 is 0 Å². The van der Waals surface area contributed by atoms with Gasteiger partial charge in [0.25, 0.3) is 0 Å². The first-order chi connectivity index (χ1) is 16.1. The van der Waals surface area contributed by atoms with Crippen molar-refractivity contribution in [2.24, 2.45) is 11.8 Å². The van der Waals surface area contributed by atoms with Gasteiger partial charge in [-0.25, -0.2) is 0 Å². The summed E-state index contributed by atoms with van der Waals surface area (Å²) in [5, 5.41) is 2.44.